The maximum atomic E-state index is 6.30. The summed E-state index contributed by atoms with van der Waals surface area (Å²) in [6.07, 6.45) is 4.39. The van der Waals surface area contributed by atoms with E-state index in [-0.39, 0.29) is 6.04 Å². The predicted octanol–water partition coefficient (Wildman–Crippen LogP) is 3.62. The molecule has 1 aliphatic heterocycles. The van der Waals surface area contributed by atoms with Crippen LogP contribution in [0, 0.1) is 5.92 Å². The summed E-state index contributed by atoms with van der Waals surface area (Å²) in [6, 6.07) is 8.24. The Morgan fingerprint density at radius 1 is 1.43 bits per heavy atom. The number of hydrogen-bond donors (Lipinski definition) is 1. The molecule has 2 N–H and O–H groups in total. The van der Waals surface area contributed by atoms with Gasteiger partial charge in [0.15, 0.2) is 0 Å². The number of halogens is 1. The Kier molecular flexibility index (Phi) is 4.43. The number of likely N-dealkylation sites (tertiary alicyclic amines) is 1. The summed E-state index contributed by atoms with van der Waals surface area (Å²) in [5, 5.41) is 1.77. The zero-order valence-corrected chi connectivity index (χ0v) is 13.2. The van der Waals surface area contributed by atoms with E-state index in [4.69, 9.17) is 17.3 Å². The second-order valence-electron chi connectivity index (χ2n) is 6.03. The van der Waals surface area contributed by atoms with Crippen molar-refractivity contribution in [3.63, 3.8) is 0 Å². The van der Waals surface area contributed by atoms with Gasteiger partial charge in [0.2, 0.25) is 0 Å². The Morgan fingerprint density at radius 3 is 3.05 bits per heavy atom. The molecule has 1 aliphatic rings. The van der Waals surface area contributed by atoms with Gasteiger partial charge in [0, 0.05) is 35.7 Å². The van der Waals surface area contributed by atoms with Crippen LogP contribution in [0.25, 0.3) is 10.9 Å². The van der Waals surface area contributed by atoms with Gasteiger partial charge in [0.25, 0.3) is 0 Å². The molecule has 0 aliphatic carbocycles. The second-order valence-corrected chi connectivity index (χ2v) is 6.44. The number of piperidine rings is 1. The summed E-state index contributed by atoms with van der Waals surface area (Å²) < 4.78 is 0. The minimum atomic E-state index is 0.224. The third-order valence-corrected chi connectivity index (χ3v) is 4.79. The molecule has 2 atom stereocenters. The van der Waals surface area contributed by atoms with E-state index in [9.17, 15) is 0 Å². The van der Waals surface area contributed by atoms with Crippen molar-refractivity contribution in [2.45, 2.75) is 25.8 Å². The molecule has 21 heavy (non-hydrogen) atoms. The number of aromatic nitrogens is 1. The number of benzene rings is 1. The van der Waals surface area contributed by atoms with Crippen molar-refractivity contribution >= 4 is 22.5 Å². The maximum absolute atomic E-state index is 6.30. The lowest BCUT2D eigenvalue weighted by Crippen LogP contribution is -2.40. The fourth-order valence-electron chi connectivity index (χ4n) is 3.41. The van der Waals surface area contributed by atoms with E-state index in [1.807, 2.05) is 24.4 Å². The van der Waals surface area contributed by atoms with Crippen LogP contribution in [0.4, 0.5) is 0 Å². The first-order valence-electron chi connectivity index (χ1n) is 7.68. The van der Waals surface area contributed by atoms with Crippen LogP contribution in [-0.2, 0) is 0 Å². The van der Waals surface area contributed by atoms with Crippen molar-refractivity contribution in [2.75, 3.05) is 19.6 Å². The molecular formula is C17H22ClN3. The molecular weight excluding hydrogens is 282 g/mol. The van der Waals surface area contributed by atoms with Gasteiger partial charge in [-0.2, -0.15) is 0 Å². The maximum Gasteiger partial charge on any atom is 0.0765 e. The van der Waals surface area contributed by atoms with Gasteiger partial charge >= 0.3 is 0 Å². The first-order valence-corrected chi connectivity index (χ1v) is 8.05. The van der Waals surface area contributed by atoms with Crippen molar-refractivity contribution in [1.29, 1.82) is 0 Å². The van der Waals surface area contributed by atoms with Gasteiger partial charge in [-0.3, -0.25) is 9.88 Å². The molecule has 0 amide bonds. The summed E-state index contributed by atoms with van der Waals surface area (Å²) in [5.41, 5.74) is 8.29. The number of rotatable bonds is 3. The first kappa shape index (κ1) is 14.8. The zero-order valence-electron chi connectivity index (χ0n) is 12.4. The molecule has 112 valence electrons. The van der Waals surface area contributed by atoms with Crippen molar-refractivity contribution < 1.29 is 0 Å². The third-order valence-electron chi connectivity index (χ3n) is 4.46. The van der Waals surface area contributed by atoms with Crippen LogP contribution >= 0.6 is 11.6 Å². The Morgan fingerprint density at radius 2 is 2.29 bits per heavy atom. The highest BCUT2D eigenvalue weighted by atomic mass is 35.5. The van der Waals surface area contributed by atoms with E-state index in [2.05, 4.69) is 22.9 Å². The minimum absolute atomic E-state index is 0.224. The Bertz CT molecular complexity index is 628. The van der Waals surface area contributed by atoms with Gasteiger partial charge in [-0.15, -0.1) is 0 Å². The number of pyridine rings is 1. The van der Waals surface area contributed by atoms with Crippen molar-refractivity contribution in [1.82, 2.24) is 9.88 Å². The smallest absolute Gasteiger partial charge is 0.0765 e. The number of hydrogen-bond acceptors (Lipinski definition) is 3. The van der Waals surface area contributed by atoms with Crippen molar-refractivity contribution in [2.24, 2.45) is 11.7 Å². The van der Waals surface area contributed by atoms with Crippen molar-refractivity contribution in [3.05, 3.63) is 41.0 Å². The van der Waals surface area contributed by atoms with Gasteiger partial charge in [0.05, 0.1) is 5.52 Å². The molecule has 4 heteroatoms. The van der Waals surface area contributed by atoms with Gasteiger partial charge in [0.1, 0.15) is 0 Å². The van der Waals surface area contributed by atoms with Crippen LogP contribution < -0.4 is 5.73 Å². The molecule has 2 aromatic rings. The molecule has 0 bridgehead atoms. The molecule has 0 radical (unpaired) electrons. The molecule has 3 rings (SSSR count). The van der Waals surface area contributed by atoms with Gasteiger partial charge in [-0.05, 0) is 49.1 Å². The lowest BCUT2D eigenvalue weighted by molar-refractivity contribution is 0.134. The lowest BCUT2D eigenvalue weighted by atomic mass is 9.95. The van der Waals surface area contributed by atoms with E-state index in [0.29, 0.717) is 6.54 Å². The summed E-state index contributed by atoms with van der Waals surface area (Å²) in [6.45, 7) is 5.15. The van der Waals surface area contributed by atoms with E-state index in [0.717, 1.165) is 34.9 Å². The van der Waals surface area contributed by atoms with Crippen LogP contribution in [0.15, 0.2) is 30.5 Å². The number of nitrogens with two attached hydrogens (primary N) is 1. The van der Waals surface area contributed by atoms with E-state index in [1.165, 1.54) is 18.4 Å². The average molecular weight is 304 g/mol. The van der Waals surface area contributed by atoms with E-state index < -0.39 is 0 Å². The highest BCUT2D eigenvalue weighted by molar-refractivity contribution is 6.35. The van der Waals surface area contributed by atoms with Crippen LogP contribution in [0.5, 0.6) is 0 Å². The Balaban J connectivity index is 2.03. The van der Waals surface area contributed by atoms with Crippen LogP contribution in [0.2, 0.25) is 5.02 Å². The quantitative estimate of drug-likeness (QED) is 0.941. The van der Waals surface area contributed by atoms with E-state index >= 15 is 0 Å². The zero-order chi connectivity index (χ0) is 14.8. The van der Waals surface area contributed by atoms with Crippen LogP contribution in [0.3, 0.4) is 0 Å². The third kappa shape index (κ3) is 2.91. The standard InChI is InChI=1S/C17H22ClN3/c1-12-4-3-9-21(11-12)16(10-19)14-6-7-15(18)13-5-2-8-20-17(13)14/h2,5-8,12,16H,3-4,9-11,19H2,1H3. The van der Waals surface area contributed by atoms with Crippen LogP contribution in [0.1, 0.15) is 31.4 Å². The summed E-state index contributed by atoms with van der Waals surface area (Å²) >= 11 is 6.30. The molecule has 1 saturated heterocycles. The molecule has 0 saturated carbocycles. The van der Waals surface area contributed by atoms with Crippen molar-refractivity contribution in [3.8, 4) is 0 Å². The fourth-order valence-corrected chi connectivity index (χ4v) is 3.63. The van der Waals surface area contributed by atoms with Gasteiger partial charge in [-0.1, -0.05) is 24.6 Å². The number of nitrogens with zero attached hydrogens (tertiary/aromatic N) is 2. The summed E-state index contributed by atoms with van der Waals surface area (Å²) in [5.74, 6) is 0.735. The molecule has 2 heterocycles. The molecule has 1 aromatic carbocycles. The first-order chi connectivity index (χ1) is 10.2. The van der Waals surface area contributed by atoms with Gasteiger partial charge in [-0.25, -0.2) is 0 Å². The molecule has 1 fully saturated rings. The monoisotopic (exact) mass is 303 g/mol. The SMILES string of the molecule is CC1CCCN(C(CN)c2ccc(Cl)c3cccnc23)C1. The molecule has 3 nitrogen and oxygen atoms in total. The van der Waals surface area contributed by atoms with Gasteiger partial charge < -0.3 is 5.73 Å². The van der Waals surface area contributed by atoms with Crippen LogP contribution in [-0.4, -0.2) is 29.5 Å². The summed E-state index contributed by atoms with van der Waals surface area (Å²) in [4.78, 5) is 7.06. The minimum Gasteiger partial charge on any atom is -0.329 e. The largest absolute Gasteiger partial charge is 0.329 e. The summed E-state index contributed by atoms with van der Waals surface area (Å²) in [7, 11) is 0. The Hall–Kier alpha value is -1.16. The lowest BCUT2D eigenvalue weighted by Gasteiger charge is -2.37. The highest BCUT2D eigenvalue weighted by Gasteiger charge is 2.26. The number of fused-ring (bicyclic) bond motifs is 1. The predicted molar refractivity (Wildman–Crippen MR) is 88.5 cm³/mol. The highest BCUT2D eigenvalue weighted by Crippen LogP contribution is 2.32. The normalized spacial score (nSPS) is 21.6. The average Bonchev–Trinajstić information content (AvgIpc) is 2.51. The topological polar surface area (TPSA) is 42.1 Å². The van der Waals surface area contributed by atoms with E-state index in [1.54, 1.807) is 0 Å². The Labute approximate surface area is 131 Å². The second kappa shape index (κ2) is 6.30. The fraction of sp³-hybridized carbons (Fsp3) is 0.471. The molecule has 1 aromatic heterocycles. The molecule has 2 unspecified atom stereocenters. The molecule has 0 spiro atoms.